The van der Waals surface area contributed by atoms with E-state index in [0.717, 1.165) is 24.3 Å². The Hall–Kier alpha value is -0.910. The number of sulfonamides is 1. The molecule has 0 spiro atoms. The predicted octanol–water partition coefficient (Wildman–Crippen LogP) is -0.0859. The van der Waals surface area contributed by atoms with Crippen molar-refractivity contribution in [1.82, 2.24) is 9.62 Å². The van der Waals surface area contributed by atoms with Crippen LogP contribution in [0.3, 0.4) is 0 Å². The van der Waals surface area contributed by atoms with Gasteiger partial charge in [0.25, 0.3) is 0 Å². The zero-order valence-electron chi connectivity index (χ0n) is 13.2. The summed E-state index contributed by atoms with van der Waals surface area (Å²) in [4.78, 5) is 19.7. The molecule has 0 radical (unpaired) electrons. The molecule has 0 bridgehead atoms. The second-order valence-corrected chi connectivity index (χ2v) is 8.40. The number of phosphoric ester groups is 1. The van der Waals surface area contributed by atoms with E-state index >= 15 is 0 Å². The summed E-state index contributed by atoms with van der Waals surface area (Å²) in [5.41, 5.74) is 0. The van der Waals surface area contributed by atoms with Crippen LogP contribution in [0.5, 0.6) is 0 Å². The zero-order valence-corrected chi connectivity index (χ0v) is 15.0. The maximum atomic E-state index is 12.9. The minimum absolute atomic E-state index is 0.125. The highest BCUT2D eigenvalue weighted by atomic mass is 32.2. The molecule has 1 saturated heterocycles. The molecule has 2 rings (SSSR count). The molecule has 1 aliphatic rings. The van der Waals surface area contributed by atoms with Gasteiger partial charge in [0.05, 0.1) is 24.2 Å². The topological polar surface area (TPSA) is 125 Å². The number of phosphoric acid groups is 1. The summed E-state index contributed by atoms with van der Waals surface area (Å²) in [5, 5.41) is 0. The Balaban J connectivity index is 2.02. The van der Waals surface area contributed by atoms with Crippen LogP contribution in [0.15, 0.2) is 29.2 Å². The maximum Gasteiger partial charge on any atom is 0.469 e. The molecule has 1 unspecified atom stereocenters. The lowest BCUT2D eigenvalue weighted by molar-refractivity contribution is 0.0152. The van der Waals surface area contributed by atoms with Crippen LogP contribution in [-0.4, -0.2) is 68.6 Å². The normalized spacial score (nSPS) is 18.2. The molecule has 25 heavy (non-hydrogen) atoms. The van der Waals surface area contributed by atoms with Crippen LogP contribution >= 0.6 is 7.82 Å². The van der Waals surface area contributed by atoms with Crippen molar-refractivity contribution >= 4 is 17.8 Å². The van der Waals surface area contributed by atoms with Gasteiger partial charge in [0.15, 0.2) is 0 Å². The van der Waals surface area contributed by atoms with E-state index in [4.69, 9.17) is 14.5 Å². The minimum Gasteiger partial charge on any atom is -0.379 e. The van der Waals surface area contributed by atoms with E-state index in [9.17, 15) is 17.4 Å². The Kier molecular flexibility index (Phi) is 7.06. The second kappa shape index (κ2) is 8.65. The van der Waals surface area contributed by atoms with Gasteiger partial charge in [0.1, 0.15) is 5.82 Å². The Morgan fingerprint density at radius 3 is 2.44 bits per heavy atom. The number of benzene rings is 1. The standard InChI is InChI=1S/C13H20FN2O7PS/c14-11-1-3-13(4-2-11)25(20,21)15-9-12(23-24(17,18)19)10-16-5-7-22-8-6-16/h1-4,12,15H,5-10H2,(H2,17,18,19). The third-order valence-corrected chi connectivity index (χ3v) is 5.49. The van der Waals surface area contributed by atoms with E-state index in [1.54, 1.807) is 0 Å². The fourth-order valence-corrected chi connectivity index (χ4v) is 3.90. The van der Waals surface area contributed by atoms with Crippen molar-refractivity contribution < 1.29 is 36.4 Å². The number of hydrogen-bond acceptors (Lipinski definition) is 6. The summed E-state index contributed by atoms with van der Waals surface area (Å²) in [7, 11) is -8.75. The van der Waals surface area contributed by atoms with Gasteiger partial charge in [-0.3, -0.25) is 9.42 Å². The molecule has 12 heteroatoms. The quantitative estimate of drug-likeness (QED) is 0.519. The highest BCUT2D eigenvalue weighted by Crippen LogP contribution is 2.37. The van der Waals surface area contributed by atoms with Crippen LogP contribution in [0, 0.1) is 5.82 Å². The van der Waals surface area contributed by atoms with Gasteiger partial charge in [0, 0.05) is 26.2 Å². The number of rotatable bonds is 8. The molecule has 0 saturated carbocycles. The van der Waals surface area contributed by atoms with Crippen LogP contribution in [0.2, 0.25) is 0 Å². The van der Waals surface area contributed by atoms with Crippen LogP contribution in [0.4, 0.5) is 4.39 Å². The van der Waals surface area contributed by atoms with Crippen molar-refractivity contribution in [2.75, 3.05) is 39.4 Å². The first-order valence-corrected chi connectivity index (χ1v) is 10.5. The monoisotopic (exact) mass is 398 g/mol. The lowest BCUT2D eigenvalue weighted by Crippen LogP contribution is -2.45. The SMILES string of the molecule is O=P(O)(O)OC(CNS(=O)(=O)c1ccc(F)cc1)CN1CCOCC1. The number of halogens is 1. The molecule has 142 valence electrons. The molecular weight excluding hydrogens is 378 g/mol. The van der Waals surface area contributed by atoms with Gasteiger partial charge in [-0.1, -0.05) is 0 Å². The summed E-state index contributed by atoms with van der Waals surface area (Å²) < 4.78 is 60.5. The molecule has 0 aliphatic carbocycles. The molecule has 1 aromatic carbocycles. The lowest BCUT2D eigenvalue weighted by Gasteiger charge is -2.30. The van der Waals surface area contributed by atoms with Gasteiger partial charge in [-0.15, -0.1) is 0 Å². The summed E-state index contributed by atoms with van der Waals surface area (Å²) in [5.74, 6) is -0.575. The first-order valence-electron chi connectivity index (χ1n) is 7.45. The number of hydrogen-bond donors (Lipinski definition) is 3. The molecule has 1 aromatic rings. The van der Waals surface area contributed by atoms with Crippen molar-refractivity contribution in [3.8, 4) is 0 Å². The Labute approximate surface area is 145 Å². The maximum absolute atomic E-state index is 12.9. The van der Waals surface area contributed by atoms with Crippen molar-refractivity contribution in [3.05, 3.63) is 30.1 Å². The van der Waals surface area contributed by atoms with E-state index < -0.39 is 29.8 Å². The van der Waals surface area contributed by atoms with Gasteiger partial charge >= 0.3 is 7.82 Å². The van der Waals surface area contributed by atoms with Crippen molar-refractivity contribution in [2.45, 2.75) is 11.0 Å². The molecule has 1 atom stereocenters. The fourth-order valence-electron chi connectivity index (χ4n) is 2.30. The molecule has 0 aromatic heterocycles. The summed E-state index contributed by atoms with van der Waals surface area (Å²) in [6.07, 6.45) is -1.06. The van der Waals surface area contributed by atoms with Crippen LogP contribution in [0.25, 0.3) is 0 Å². The van der Waals surface area contributed by atoms with Gasteiger partial charge in [0.2, 0.25) is 10.0 Å². The van der Waals surface area contributed by atoms with Crippen LogP contribution in [0.1, 0.15) is 0 Å². The molecule has 3 N–H and O–H groups in total. The lowest BCUT2D eigenvalue weighted by atomic mass is 10.3. The van der Waals surface area contributed by atoms with E-state index in [-0.39, 0.29) is 18.0 Å². The first kappa shape index (κ1) is 20.4. The third-order valence-electron chi connectivity index (χ3n) is 3.48. The van der Waals surface area contributed by atoms with E-state index in [1.165, 1.54) is 0 Å². The number of nitrogens with one attached hydrogen (secondary N) is 1. The van der Waals surface area contributed by atoms with Gasteiger partial charge < -0.3 is 14.5 Å². The highest BCUT2D eigenvalue weighted by Gasteiger charge is 2.27. The van der Waals surface area contributed by atoms with Crippen molar-refractivity contribution in [1.29, 1.82) is 0 Å². The van der Waals surface area contributed by atoms with E-state index in [1.807, 2.05) is 4.90 Å². The van der Waals surface area contributed by atoms with Gasteiger partial charge in [-0.05, 0) is 24.3 Å². The number of morpholine rings is 1. The third kappa shape index (κ3) is 7.08. The first-order chi connectivity index (χ1) is 11.7. The summed E-state index contributed by atoms with van der Waals surface area (Å²) >= 11 is 0. The molecule has 9 nitrogen and oxygen atoms in total. The van der Waals surface area contributed by atoms with Crippen LogP contribution < -0.4 is 4.72 Å². The van der Waals surface area contributed by atoms with Gasteiger partial charge in [-0.25, -0.2) is 22.1 Å². The van der Waals surface area contributed by atoms with E-state index in [2.05, 4.69) is 9.25 Å². The molecule has 1 heterocycles. The molecule has 1 fully saturated rings. The molecular formula is C13H20FN2O7PS. The zero-order chi connectivity index (χ0) is 18.5. The van der Waals surface area contributed by atoms with E-state index in [0.29, 0.717) is 26.3 Å². The smallest absolute Gasteiger partial charge is 0.379 e. The predicted molar refractivity (Wildman–Crippen MR) is 85.8 cm³/mol. The van der Waals surface area contributed by atoms with Crippen molar-refractivity contribution in [2.24, 2.45) is 0 Å². The fraction of sp³-hybridized carbons (Fsp3) is 0.538. The Bertz CT molecular complexity index is 704. The average Bonchev–Trinajstić information content (AvgIpc) is 2.53. The number of nitrogens with zero attached hydrogens (tertiary/aromatic N) is 1. The Morgan fingerprint density at radius 2 is 1.88 bits per heavy atom. The summed E-state index contributed by atoms with van der Waals surface area (Å²) in [6, 6.07) is 4.20. The second-order valence-electron chi connectivity index (χ2n) is 5.44. The highest BCUT2D eigenvalue weighted by molar-refractivity contribution is 7.89. The largest absolute Gasteiger partial charge is 0.469 e. The molecule has 1 aliphatic heterocycles. The van der Waals surface area contributed by atoms with Crippen molar-refractivity contribution in [3.63, 3.8) is 0 Å². The Morgan fingerprint density at radius 1 is 1.28 bits per heavy atom. The minimum atomic E-state index is -4.79. The average molecular weight is 398 g/mol. The van der Waals surface area contributed by atoms with Gasteiger partial charge in [-0.2, -0.15) is 0 Å². The summed E-state index contributed by atoms with van der Waals surface area (Å²) in [6.45, 7) is 1.83. The molecule has 0 amide bonds. The van der Waals surface area contributed by atoms with Crippen LogP contribution in [-0.2, 0) is 23.8 Å². The number of ether oxygens (including phenoxy) is 1.